The predicted octanol–water partition coefficient (Wildman–Crippen LogP) is 5.64. The first-order valence-corrected chi connectivity index (χ1v) is 10.6. The molecule has 3 rings (SSSR count). The number of ether oxygens (including phenoxy) is 2. The molecular formula is C22H22ClNO4S. The lowest BCUT2D eigenvalue weighted by Gasteiger charge is -2.12. The van der Waals surface area contributed by atoms with Crippen LogP contribution < -0.4 is 14.8 Å². The van der Waals surface area contributed by atoms with Gasteiger partial charge in [-0.05, 0) is 66.1 Å². The van der Waals surface area contributed by atoms with Crippen molar-refractivity contribution in [3.05, 3.63) is 63.5 Å². The van der Waals surface area contributed by atoms with Crippen LogP contribution in [0.4, 0.5) is 4.79 Å². The lowest BCUT2D eigenvalue weighted by atomic mass is 9.99. The number of hydrogen-bond acceptors (Lipinski definition) is 5. The smallest absolute Gasteiger partial charge is 0.290 e. The Bertz CT molecular complexity index is 927. The van der Waals surface area contributed by atoms with Gasteiger partial charge < -0.3 is 9.47 Å². The van der Waals surface area contributed by atoms with Gasteiger partial charge in [0.2, 0.25) is 0 Å². The fourth-order valence-corrected chi connectivity index (χ4v) is 3.62. The zero-order chi connectivity index (χ0) is 20.8. The molecule has 0 radical (unpaired) electrons. The second kappa shape index (κ2) is 9.85. The van der Waals surface area contributed by atoms with Crippen LogP contribution >= 0.6 is 23.4 Å². The Kier molecular flexibility index (Phi) is 7.23. The van der Waals surface area contributed by atoms with Crippen molar-refractivity contribution in [2.45, 2.75) is 26.2 Å². The lowest BCUT2D eigenvalue weighted by Crippen LogP contribution is -2.17. The van der Waals surface area contributed by atoms with Crippen LogP contribution in [0.25, 0.3) is 6.08 Å². The Hall–Kier alpha value is -2.44. The van der Waals surface area contributed by atoms with Crippen LogP contribution in [0.5, 0.6) is 11.5 Å². The summed E-state index contributed by atoms with van der Waals surface area (Å²) in [7, 11) is 0. The number of amides is 2. The minimum Gasteiger partial charge on any atom is -0.490 e. The molecule has 152 valence electrons. The van der Waals surface area contributed by atoms with Crippen molar-refractivity contribution in [3.8, 4) is 11.5 Å². The van der Waals surface area contributed by atoms with Crippen molar-refractivity contribution >= 4 is 40.6 Å². The highest BCUT2D eigenvalue weighted by atomic mass is 35.5. The maximum absolute atomic E-state index is 11.8. The van der Waals surface area contributed by atoms with E-state index in [9.17, 15) is 9.59 Å². The zero-order valence-electron chi connectivity index (χ0n) is 16.2. The van der Waals surface area contributed by atoms with Gasteiger partial charge in [-0.2, -0.15) is 0 Å². The summed E-state index contributed by atoms with van der Waals surface area (Å²) in [6.07, 6.45) is 2.70. The minimum absolute atomic E-state index is 0.305. The highest BCUT2D eigenvalue weighted by Crippen LogP contribution is 2.31. The molecule has 2 amide bonds. The first kappa shape index (κ1) is 21.3. The average molecular weight is 432 g/mol. The van der Waals surface area contributed by atoms with E-state index >= 15 is 0 Å². The molecule has 29 heavy (non-hydrogen) atoms. The number of thioether (sulfide) groups is 1. The number of imide groups is 1. The Morgan fingerprint density at radius 3 is 2.48 bits per heavy atom. The number of carbonyl (C=O) groups excluding carboxylic acids is 2. The van der Waals surface area contributed by atoms with Crippen LogP contribution in [0.2, 0.25) is 5.02 Å². The molecule has 1 N–H and O–H groups in total. The third kappa shape index (κ3) is 5.78. The fraction of sp³-hybridized carbons (Fsp3) is 0.273. The SMILES string of the molecule is CCC(C)c1ccc(OCCOc2ccc(Cl)cc2/C=C2\SC(=O)NC2=O)cc1. The van der Waals surface area contributed by atoms with Crippen molar-refractivity contribution in [2.75, 3.05) is 13.2 Å². The standard InChI is InChI=1S/C22H22ClNO4S/c1-3-14(2)15-4-7-18(8-5-15)27-10-11-28-19-9-6-17(23)12-16(19)13-20-21(25)24-22(26)29-20/h4-9,12-14H,3,10-11H2,1-2H3,(H,24,25,26)/b20-13-. The second-order valence-corrected chi connectivity index (χ2v) is 8.06. The molecule has 1 aliphatic heterocycles. The lowest BCUT2D eigenvalue weighted by molar-refractivity contribution is -0.115. The molecular weight excluding hydrogens is 410 g/mol. The molecule has 1 saturated heterocycles. The summed E-state index contributed by atoms with van der Waals surface area (Å²) >= 11 is 6.92. The summed E-state index contributed by atoms with van der Waals surface area (Å²) in [5.41, 5.74) is 1.92. The first-order chi connectivity index (χ1) is 14.0. The molecule has 7 heteroatoms. The molecule has 1 fully saturated rings. The van der Waals surface area contributed by atoms with E-state index in [4.69, 9.17) is 21.1 Å². The summed E-state index contributed by atoms with van der Waals surface area (Å²) in [5.74, 6) is 1.46. The number of rotatable bonds is 8. The Morgan fingerprint density at radius 1 is 1.10 bits per heavy atom. The van der Waals surface area contributed by atoms with Crippen LogP contribution in [0.3, 0.4) is 0 Å². The Balaban J connectivity index is 1.59. The third-order valence-electron chi connectivity index (χ3n) is 4.57. The summed E-state index contributed by atoms with van der Waals surface area (Å²) in [6, 6.07) is 13.2. The normalized spacial score (nSPS) is 16.0. The first-order valence-electron chi connectivity index (χ1n) is 9.36. The van der Waals surface area contributed by atoms with Gasteiger partial charge in [0.05, 0.1) is 4.91 Å². The molecule has 1 aliphatic rings. The minimum atomic E-state index is -0.421. The topological polar surface area (TPSA) is 64.6 Å². The van der Waals surface area contributed by atoms with E-state index in [1.807, 2.05) is 12.1 Å². The van der Waals surface area contributed by atoms with Crippen molar-refractivity contribution in [2.24, 2.45) is 0 Å². The van der Waals surface area contributed by atoms with Crippen molar-refractivity contribution in [1.82, 2.24) is 5.32 Å². The molecule has 0 aliphatic carbocycles. The van der Waals surface area contributed by atoms with Crippen LogP contribution in [0.15, 0.2) is 47.4 Å². The van der Waals surface area contributed by atoms with Gasteiger partial charge in [-0.3, -0.25) is 14.9 Å². The van der Waals surface area contributed by atoms with E-state index < -0.39 is 11.1 Å². The van der Waals surface area contributed by atoms with Crippen LogP contribution in [0, 0.1) is 0 Å². The molecule has 0 aromatic heterocycles. The molecule has 0 bridgehead atoms. The van der Waals surface area contributed by atoms with Gasteiger partial charge in [-0.1, -0.05) is 37.6 Å². The third-order valence-corrected chi connectivity index (χ3v) is 5.62. The number of carbonyl (C=O) groups is 2. The van der Waals surface area contributed by atoms with Gasteiger partial charge in [-0.15, -0.1) is 0 Å². The Morgan fingerprint density at radius 2 is 1.83 bits per heavy atom. The molecule has 1 atom stereocenters. The summed E-state index contributed by atoms with van der Waals surface area (Å²) < 4.78 is 11.6. The molecule has 5 nitrogen and oxygen atoms in total. The maximum atomic E-state index is 11.8. The highest BCUT2D eigenvalue weighted by Gasteiger charge is 2.25. The summed E-state index contributed by atoms with van der Waals surface area (Å²) in [5, 5.41) is 2.35. The fourth-order valence-electron chi connectivity index (χ4n) is 2.77. The summed E-state index contributed by atoms with van der Waals surface area (Å²) in [4.78, 5) is 23.4. The number of hydrogen-bond donors (Lipinski definition) is 1. The van der Waals surface area contributed by atoms with E-state index in [0.717, 1.165) is 23.9 Å². The largest absolute Gasteiger partial charge is 0.490 e. The molecule has 1 heterocycles. The number of benzene rings is 2. The molecule has 0 spiro atoms. The molecule has 2 aromatic carbocycles. The van der Waals surface area contributed by atoms with Crippen LogP contribution in [-0.4, -0.2) is 24.4 Å². The highest BCUT2D eigenvalue weighted by molar-refractivity contribution is 8.18. The molecule has 0 saturated carbocycles. The zero-order valence-corrected chi connectivity index (χ0v) is 17.8. The van der Waals surface area contributed by atoms with Crippen molar-refractivity contribution in [1.29, 1.82) is 0 Å². The second-order valence-electron chi connectivity index (χ2n) is 6.61. The van der Waals surface area contributed by atoms with Gasteiger partial charge in [0.1, 0.15) is 24.7 Å². The van der Waals surface area contributed by atoms with Crippen molar-refractivity contribution in [3.63, 3.8) is 0 Å². The predicted molar refractivity (Wildman–Crippen MR) is 117 cm³/mol. The van der Waals surface area contributed by atoms with E-state index in [0.29, 0.717) is 40.4 Å². The van der Waals surface area contributed by atoms with E-state index in [1.165, 1.54) is 5.56 Å². The molecule has 1 unspecified atom stereocenters. The van der Waals surface area contributed by atoms with Crippen molar-refractivity contribution < 1.29 is 19.1 Å². The summed E-state index contributed by atoms with van der Waals surface area (Å²) in [6.45, 7) is 5.06. The van der Waals surface area contributed by atoms with Gasteiger partial charge in [0.25, 0.3) is 11.1 Å². The average Bonchev–Trinajstić information content (AvgIpc) is 3.03. The van der Waals surface area contributed by atoms with E-state index in [-0.39, 0.29) is 0 Å². The monoisotopic (exact) mass is 431 g/mol. The van der Waals surface area contributed by atoms with E-state index in [1.54, 1.807) is 24.3 Å². The quantitative estimate of drug-likeness (QED) is 0.433. The van der Waals surface area contributed by atoms with E-state index in [2.05, 4.69) is 31.3 Å². The van der Waals surface area contributed by atoms with Gasteiger partial charge in [-0.25, -0.2) is 0 Å². The maximum Gasteiger partial charge on any atom is 0.290 e. The van der Waals surface area contributed by atoms with Gasteiger partial charge in [0.15, 0.2) is 0 Å². The van der Waals surface area contributed by atoms with Crippen LogP contribution in [0.1, 0.15) is 37.3 Å². The molecule has 2 aromatic rings. The van der Waals surface area contributed by atoms with Gasteiger partial charge in [0, 0.05) is 10.6 Å². The van der Waals surface area contributed by atoms with Gasteiger partial charge >= 0.3 is 0 Å². The number of halogens is 1. The Labute approximate surface area is 179 Å². The van der Waals surface area contributed by atoms with Crippen LogP contribution in [-0.2, 0) is 4.79 Å². The number of nitrogens with one attached hydrogen (secondary N) is 1.